The van der Waals surface area contributed by atoms with Crippen LogP contribution in [0.2, 0.25) is 0 Å². The molecule has 0 unspecified atom stereocenters. The molecule has 178 valence electrons. The Morgan fingerprint density at radius 3 is 2.60 bits per heavy atom. The molecule has 0 saturated heterocycles. The quantitative estimate of drug-likeness (QED) is 0.444. The van der Waals surface area contributed by atoms with E-state index in [9.17, 15) is 17.6 Å². The number of nitrogens with zero attached hydrogens (tertiary/aromatic N) is 4. The highest BCUT2D eigenvalue weighted by molar-refractivity contribution is 7.93. The number of hydrogen-bond donors (Lipinski definition) is 2. The third kappa shape index (κ3) is 3.77. The number of amides is 1. The van der Waals surface area contributed by atoms with Gasteiger partial charge in [-0.15, -0.1) is 0 Å². The SMILES string of the molecule is CN1CN(c2c(F)ccc(NS(=O)(=O)c3cccc4ccccc34)c2F)C(=O)c2cnc(N)nc21. The van der Waals surface area contributed by atoms with Gasteiger partial charge >= 0.3 is 0 Å². The number of sulfonamides is 1. The molecular formula is C23H18F2N6O3S. The zero-order chi connectivity index (χ0) is 24.9. The van der Waals surface area contributed by atoms with Gasteiger partial charge in [-0.1, -0.05) is 36.4 Å². The van der Waals surface area contributed by atoms with Gasteiger partial charge in [-0.2, -0.15) is 4.98 Å². The zero-order valence-electron chi connectivity index (χ0n) is 18.2. The van der Waals surface area contributed by atoms with Crippen molar-refractivity contribution in [2.75, 3.05) is 34.0 Å². The van der Waals surface area contributed by atoms with Gasteiger partial charge in [0.25, 0.3) is 15.9 Å². The van der Waals surface area contributed by atoms with E-state index in [4.69, 9.17) is 5.73 Å². The van der Waals surface area contributed by atoms with Crippen molar-refractivity contribution in [1.29, 1.82) is 0 Å². The van der Waals surface area contributed by atoms with Gasteiger partial charge in [0.05, 0.1) is 17.3 Å². The molecule has 0 saturated carbocycles. The molecular weight excluding hydrogens is 478 g/mol. The lowest BCUT2D eigenvalue weighted by Crippen LogP contribution is -2.46. The van der Waals surface area contributed by atoms with E-state index in [0.29, 0.717) is 10.8 Å². The average molecular weight is 496 g/mol. The molecule has 1 aliphatic heterocycles. The highest BCUT2D eigenvalue weighted by atomic mass is 32.2. The standard InChI is InChI=1S/C23H18F2N6O3S/c1-30-12-31(22(32)15-11-27-23(26)28-21(15)30)20-16(24)9-10-17(19(20)25)29-35(33,34)18-8-4-6-13-5-2-3-7-14(13)18/h2-11,29H,12H2,1H3,(H2,26,27,28). The van der Waals surface area contributed by atoms with Crippen LogP contribution in [0.3, 0.4) is 0 Å². The zero-order valence-corrected chi connectivity index (χ0v) is 19.1. The van der Waals surface area contributed by atoms with Crippen molar-refractivity contribution < 1.29 is 22.0 Å². The summed E-state index contributed by atoms with van der Waals surface area (Å²) in [5.41, 5.74) is 4.36. The Hall–Kier alpha value is -4.32. The van der Waals surface area contributed by atoms with E-state index >= 15 is 4.39 Å². The van der Waals surface area contributed by atoms with Crippen LogP contribution in [0.4, 0.5) is 31.9 Å². The molecule has 3 aromatic carbocycles. The third-order valence-electron chi connectivity index (χ3n) is 5.60. The topological polar surface area (TPSA) is 122 Å². The number of hydrogen-bond acceptors (Lipinski definition) is 7. The first-order valence-electron chi connectivity index (χ1n) is 10.3. The number of nitrogens with one attached hydrogen (secondary N) is 1. The molecule has 3 N–H and O–H groups in total. The minimum absolute atomic E-state index is 0.00603. The fourth-order valence-electron chi connectivity index (χ4n) is 3.99. The molecule has 0 radical (unpaired) electrons. The molecule has 0 aliphatic carbocycles. The predicted molar refractivity (Wildman–Crippen MR) is 128 cm³/mol. The second kappa shape index (κ2) is 8.17. The summed E-state index contributed by atoms with van der Waals surface area (Å²) < 4.78 is 58.9. The molecule has 0 fully saturated rings. The number of nitrogens with two attached hydrogens (primary N) is 1. The molecule has 12 heteroatoms. The first-order chi connectivity index (χ1) is 16.7. The van der Waals surface area contributed by atoms with Crippen LogP contribution in [0.5, 0.6) is 0 Å². The molecule has 5 rings (SSSR count). The average Bonchev–Trinajstić information content (AvgIpc) is 2.83. The van der Waals surface area contributed by atoms with Gasteiger partial charge in [-0.05, 0) is 23.6 Å². The van der Waals surface area contributed by atoms with Crippen molar-refractivity contribution >= 4 is 49.8 Å². The van der Waals surface area contributed by atoms with E-state index in [1.807, 2.05) is 0 Å². The first kappa shape index (κ1) is 22.5. The molecule has 35 heavy (non-hydrogen) atoms. The van der Waals surface area contributed by atoms with E-state index in [1.54, 1.807) is 43.4 Å². The van der Waals surface area contributed by atoms with Crippen molar-refractivity contribution in [2.45, 2.75) is 4.90 Å². The van der Waals surface area contributed by atoms with Crippen LogP contribution < -0.4 is 20.3 Å². The van der Waals surface area contributed by atoms with Crippen molar-refractivity contribution in [3.05, 3.63) is 78.0 Å². The van der Waals surface area contributed by atoms with E-state index in [0.717, 1.165) is 17.0 Å². The number of carbonyl (C=O) groups excluding carboxylic acids is 1. The number of aromatic nitrogens is 2. The second-order valence-corrected chi connectivity index (χ2v) is 9.53. The molecule has 1 aromatic heterocycles. The third-order valence-corrected chi connectivity index (χ3v) is 7.02. The van der Waals surface area contributed by atoms with E-state index < -0.39 is 38.9 Å². The summed E-state index contributed by atoms with van der Waals surface area (Å²) in [6.45, 7) is -0.254. The number of nitrogen functional groups attached to an aromatic ring is 1. The number of fused-ring (bicyclic) bond motifs is 2. The molecule has 0 bridgehead atoms. The van der Waals surface area contributed by atoms with Gasteiger partial charge in [0.2, 0.25) is 5.95 Å². The van der Waals surface area contributed by atoms with Crippen LogP contribution in [-0.2, 0) is 10.0 Å². The first-order valence-corrected chi connectivity index (χ1v) is 11.8. The van der Waals surface area contributed by atoms with Gasteiger partial charge < -0.3 is 10.6 Å². The Bertz CT molecular complexity index is 1610. The second-order valence-electron chi connectivity index (χ2n) is 7.88. The van der Waals surface area contributed by atoms with Gasteiger partial charge in [-0.25, -0.2) is 22.2 Å². The number of halogens is 2. The van der Waals surface area contributed by atoms with E-state index in [1.165, 1.54) is 17.2 Å². The van der Waals surface area contributed by atoms with Crippen LogP contribution in [-0.4, -0.2) is 38.0 Å². The van der Waals surface area contributed by atoms with Crippen LogP contribution in [0.1, 0.15) is 10.4 Å². The van der Waals surface area contributed by atoms with Crippen molar-refractivity contribution in [1.82, 2.24) is 9.97 Å². The molecule has 1 amide bonds. The minimum Gasteiger partial charge on any atom is -0.368 e. The monoisotopic (exact) mass is 496 g/mol. The molecule has 9 nitrogen and oxygen atoms in total. The molecule has 2 heterocycles. The highest BCUT2D eigenvalue weighted by Gasteiger charge is 2.34. The Labute approximate surface area is 198 Å². The Morgan fingerprint density at radius 1 is 1.06 bits per heavy atom. The maximum Gasteiger partial charge on any atom is 0.265 e. The summed E-state index contributed by atoms with van der Waals surface area (Å²) in [5.74, 6) is -2.89. The van der Waals surface area contributed by atoms with Crippen molar-refractivity contribution in [2.24, 2.45) is 0 Å². The smallest absolute Gasteiger partial charge is 0.265 e. The lowest BCUT2D eigenvalue weighted by Gasteiger charge is -2.35. The Kier molecular flexibility index (Phi) is 5.24. The molecule has 0 spiro atoms. The molecule has 0 atom stereocenters. The maximum atomic E-state index is 15.6. The van der Waals surface area contributed by atoms with Gasteiger partial charge in [0, 0.05) is 18.6 Å². The number of anilines is 4. The largest absolute Gasteiger partial charge is 0.368 e. The number of benzene rings is 3. The summed E-state index contributed by atoms with van der Waals surface area (Å²) >= 11 is 0. The summed E-state index contributed by atoms with van der Waals surface area (Å²) in [5, 5.41) is 1.12. The Morgan fingerprint density at radius 2 is 1.80 bits per heavy atom. The minimum atomic E-state index is -4.26. The fourth-order valence-corrected chi connectivity index (χ4v) is 5.28. The van der Waals surface area contributed by atoms with Gasteiger partial charge in [0.1, 0.15) is 22.9 Å². The van der Waals surface area contributed by atoms with Crippen LogP contribution in [0.25, 0.3) is 10.8 Å². The van der Waals surface area contributed by atoms with Crippen LogP contribution in [0.15, 0.2) is 65.7 Å². The Balaban J connectivity index is 1.56. The van der Waals surface area contributed by atoms with Gasteiger partial charge in [-0.3, -0.25) is 14.4 Å². The molecule has 1 aliphatic rings. The maximum absolute atomic E-state index is 15.6. The van der Waals surface area contributed by atoms with E-state index in [-0.39, 0.29) is 28.9 Å². The summed E-state index contributed by atoms with van der Waals surface area (Å²) in [7, 11) is -2.70. The van der Waals surface area contributed by atoms with Crippen molar-refractivity contribution in [3.8, 4) is 0 Å². The summed E-state index contributed by atoms with van der Waals surface area (Å²) in [6.07, 6.45) is 1.17. The lowest BCUT2D eigenvalue weighted by molar-refractivity contribution is 0.0980. The predicted octanol–water partition coefficient (Wildman–Crippen LogP) is 3.35. The normalized spacial score (nSPS) is 13.7. The number of carbonyl (C=O) groups is 1. The van der Waals surface area contributed by atoms with E-state index in [2.05, 4.69) is 14.7 Å². The highest BCUT2D eigenvalue weighted by Crippen LogP contribution is 2.35. The summed E-state index contributed by atoms with van der Waals surface area (Å²) in [4.78, 5) is 23.1. The summed E-state index contributed by atoms with van der Waals surface area (Å²) in [6, 6.07) is 13.4. The van der Waals surface area contributed by atoms with Crippen molar-refractivity contribution in [3.63, 3.8) is 0 Å². The lowest BCUT2D eigenvalue weighted by atomic mass is 10.1. The molecule has 4 aromatic rings. The number of rotatable bonds is 4. The fraction of sp³-hybridized carbons (Fsp3) is 0.0870. The van der Waals surface area contributed by atoms with Crippen LogP contribution in [0, 0.1) is 11.6 Å². The van der Waals surface area contributed by atoms with Gasteiger partial charge in [0.15, 0.2) is 5.82 Å². The van der Waals surface area contributed by atoms with Crippen LogP contribution >= 0.6 is 0 Å².